The Bertz CT molecular complexity index is 404. The summed E-state index contributed by atoms with van der Waals surface area (Å²) in [6.07, 6.45) is 8.32. The Morgan fingerprint density at radius 3 is 2.88 bits per heavy atom. The van der Waals surface area contributed by atoms with E-state index in [9.17, 15) is 4.79 Å². The van der Waals surface area contributed by atoms with Gasteiger partial charge in [-0.15, -0.1) is 0 Å². The van der Waals surface area contributed by atoms with Crippen molar-refractivity contribution in [2.75, 3.05) is 0 Å². The predicted octanol–water partition coefficient (Wildman–Crippen LogP) is 2.96. The van der Waals surface area contributed by atoms with Crippen molar-refractivity contribution >= 4 is 11.9 Å². The maximum atomic E-state index is 11.1. The molecule has 0 aromatic heterocycles. The highest BCUT2D eigenvalue weighted by molar-refractivity contribution is 5.90. The van der Waals surface area contributed by atoms with Crippen LogP contribution in [-0.2, 0) is 9.53 Å². The second-order valence-corrected chi connectivity index (χ2v) is 3.78. The average molecular weight is 214 g/mol. The fourth-order valence-electron chi connectivity index (χ4n) is 1.63. The second kappa shape index (κ2) is 5.31. The van der Waals surface area contributed by atoms with Crippen molar-refractivity contribution in [2.24, 2.45) is 0 Å². The molecular weight excluding hydrogens is 200 g/mol. The van der Waals surface area contributed by atoms with Crippen LogP contribution in [-0.4, -0.2) is 11.9 Å². The molecule has 1 aliphatic heterocycles. The van der Waals surface area contributed by atoms with E-state index in [1.807, 2.05) is 42.5 Å². The molecule has 1 aliphatic rings. The molecule has 0 unspecified atom stereocenters. The standard InChI is InChI=1S/C14H14O2/c15-13-9-10-16-14(11-13)8-4-7-12-5-2-1-3-6-12/h1-7,9-10,14H,8,11H2/b7-4+/t14-/m0/s1. The third kappa shape index (κ3) is 3.09. The number of hydrogen-bond donors (Lipinski definition) is 0. The topological polar surface area (TPSA) is 26.3 Å². The fourth-order valence-corrected chi connectivity index (χ4v) is 1.63. The third-order valence-corrected chi connectivity index (χ3v) is 2.46. The number of ether oxygens (including phenoxy) is 1. The first-order chi connectivity index (χ1) is 7.84. The summed E-state index contributed by atoms with van der Waals surface area (Å²) in [4.78, 5) is 11.1. The number of allylic oxidation sites excluding steroid dienone is 1. The van der Waals surface area contributed by atoms with Crippen molar-refractivity contribution in [2.45, 2.75) is 18.9 Å². The van der Waals surface area contributed by atoms with Crippen molar-refractivity contribution in [1.29, 1.82) is 0 Å². The molecule has 16 heavy (non-hydrogen) atoms. The predicted molar refractivity (Wildman–Crippen MR) is 63.7 cm³/mol. The Morgan fingerprint density at radius 1 is 1.31 bits per heavy atom. The molecule has 0 aliphatic carbocycles. The van der Waals surface area contributed by atoms with Gasteiger partial charge in [0.2, 0.25) is 0 Å². The van der Waals surface area contributed by atoms with Crippen LogP contribution in [0, 0.1) is 0 Å². The van der Waals surface area contributed by atoms with E-state index in [1.54, 1.807) is 0 Å². The molecule has 2 rings (SSSR count). The molecule has 1 atom stereocenters. The molecule has 82 valence electrons. The van der Waals surface area contributed by atoms with Crippen molar-refractivity contribution in [3.63, 3.8) is 0 Å². The van der Waals surface area contributed by atoms with Gasteiger partial charge < -0.3 is 4.74 Å². The molecule has 1 aromatic rings. The molecule has 0 fully saturated rings. The maximum Gasteiger partial charge on any atom is 0.162 e. The van der Waals surface area contributed by atoms with Crippen LogP contribution < -0.4 is 0 Å². The molecule has 0 bridgehead atoms. The highest BCUT2D eigenvalue weighted by Crippen LogP contribution is 2.12. The van der Waals surface area contributed by atoms with Crippen LogP contribution in [0.3, 0.4) is 0 Å². The lowest BCUT2D eigenvalue weighted by Gasteiger charge is -2.16. The van der Waals surface area contributed by atoms with E-state index in [-0.39, 0.29) is 11.9 Å². The smallest absolute Gasteiger partial charge is 0.162 e. The van der Waals surface area contributed by atoms with Gasteiger partial charge in [-0.1, -0.05) is 42.5 Å². The Hall–Kier alpha value is -1.83. The first-order valence-electron chi connectivity index (χ1n) is 5.41. The largest absolute Gasteiger partial charge is 0.497 e. The van der Waals surface area contributed by atoms with E-state index >= 15 is 0 Å². The quantitative estimate of drug-likeness (QED) is 0.773. The zero-order valence-corrected chi connectivity index (χ0v) is 9.00. The van der Waals surface area contributed by atoms with Gasteiger partial charge >= 0.3 is 0 Å². The Kier molecular flexibility index (Phi) is 3.54. The number of hydrogen-bond acceptors (Lipinski definition) is 2. The SMILES string of the molecule is O=C1C=CO[C@@H](C/C=C/c2ccccc2)C1. The summed E-state index contributed by atoms with van der Waals surface area (Å²) in [5.41, 5.74) is 1.17. The van der Waals surface area contributed by atoms with Gasteiger partial charge in [0.15, 0.2) is 5.78 Å². The molecule has 0 saturated heterocycles. The van der Waals surface area contributed by atoms with Crippen LogP contribution in [0.1, 0.15) is 18.4 Å². The summed E-state index contributed by atoms with van der Waals surface area (Å²) < 4.78 is 5.33. The van der Waals surface area contributed by atoms with Crippen LogP contribution in [0.15, 0.2) is 48.7 Å². The van der Waals surface area contributed by atoms with E-state index in [0.29, 0.717) is 6.42 Å². The van der Waals surface area contributed by atoms with Crippen LogP contribution in [0.5, 0.6) is 0 Å². The van der Waals surface area contributed by atoms with Gasteiger partial charge in [-0.05, 0) is 5.56 Å². The molecule has 1 heterocycles. The van der Waals surface area contributed by atoms with Gasteiger partial charge in [-0.3, -0.25) is 4.79 Å². The monoisotopic (exact) mass is 214 g/mol. The fraction of sp³-hybridized carbons (Fsp3) is 0.214. The second-order valence-electron chi connectivity index (χ2n) is 3.78. The summed E-state index contributed by atoms with van der Waals surface area (Å²) in [5, 5.41) is 0. The molecule has 2 heteroatoms. The molecule has 0 radical (unpaired) electrons. The van der Waals surface area contributed by atoms with Gasteiger partial charge in [-0.25, -0.2) is 0 Å². The van der Waals surface area contributed by atoms with Crippen molar-refractivity contribution in [1.82, 2.24) is 0 Å². The summed E-state index contributed by atoms with van der Waals surface area (Å²) in [6, 6.07) is 10.1. The van der Waals surface area contributed by atoms with E-state index in [0.717, 1.165) is 6.42 Å². The third-order valence-electron chi connectivity index (χ3n) is 2.46. The van der Waals surface area contributed by atoms with Gasteiger partial charge in [0.1, 0.15) is 6.10 Å². The van der Waals surface area contributed by atoms with Crippen molar-refractivity contribution in [3.05, 3.63) is 54.3 Å². The lowest BCUT2D eigenvalue weighted by Crippen LogP contribution is -2.17. The number of rotatable bonds is 3. The molecule has 0 N–H and O–H groups in total. The number of benzene rings is 1. The zero-order chi connectivity index (χ0) is 11.2. The van der Waals surface area contributed by atoms with E-state index < -0.39 is 0 Å². The number of carbonyl (C=O) groups is 1. The first-order valence-corrected chi connectivity index (χ1v) is 5.41. The number of carbonyl (C=O) groups excluding carboxylic acids is 1. The molecule has 2 nitrogen and oxygen atoms in total. The van der Waals surface area contributed by atoms with Crippen LogP contribution in [0.25, 0.3) is 6.08 Å². The minimum absolute atomic E-state index is 0.00235. The number of ketones is 1. The minimum Gasteiger partial charge on any atom is -0.497 e. The van der Waals surface area contributed by atoms with Gasteiger partial charge in [0, 0.05) is 18.9 Å². The molecule has 1 aromatic carbocycles. The van der Waals surface area contributed by atoms with E-state index in [1.165, 1.54) is 17.9 Å². The van der Waals surface area contributed by atoms with Gasteiger partial charge in [0.05, 0.1) is 6.26 Å². The highest BCUT2D eigenvalue weighted by atomic mass is 16.5. The molecule has 0 amide bonds. The van der Waals surface area contributed by atoms with E-state index in [4.69, 9.17) is 4.74 Å². The Labute approximate surface area is 95.2 Å². The molecular formula is C14H14O2. The summed E-state index contributed by atoms with van der Waals surface area (Å²) in [6.45, 7) is 0. The maximum absolute atomic E-state index is 11.1. The zero-order valence-electron chi connectivity index (χ0n) is 9.00. The Balaban J connectivity index is 1.86. The van der Waals surface area contributed by atoms with Gasteiger partial charge in [0.25, 0.3) is 0 Å². The summed E-state index contributed by atoms with van der Waals surface area (Å²) in [5.74, 6) is 0.143. The average Bonchev–Trinajstić information content (AvgIpc) is 2.30. The Morgan fingerprint density at radius 2 is 2.12 bits per heavy atom. The van der Waals surface area contributed by atoms with E-state index in [2.05, 4.69) is 0 Å². The lowest BCUT2D eigenvalue weighted by molar-refractivity contribution is -0.117. The summed E-state index contributed by atoms with van der Waals surface area (Å²) in [7, 11) is 0. The van der Waals surface area contributed by atoms with Crippen LogP contribution in [0.4, 0.5) is 0 Å². The van der Waals surface area contributed by atoms with Crippen molar-refractivity contribution < 1.29 is 9.53 Å². The van der Waals surface area contributed by atoms with Gasteiger partial charge in [-0.2, -0.15) is 0 Å². The highest BCUT2D eigenvalue weighted by Gasteiger charge is 2.14. The minimum atomic E-state index is -0.00235. The normalized spacial score (nSPS) is 20.0. The summed E-state index contributed by atoms with van der Waals surface area (Å²) >= 11 is 0. The lowest BCUT2D eigenvalue weighted by atomic mass is 10.1. The molecule has 0 saturated carbocycles. The molecule has 0 spiro atoms. The van der Waals surface area contributed by atoms with Crippen molar-refractivity contribution in [3.8, 4) is 0 Å². The first kappa shape index (κ1) is 10.7. The van der Waals surface area contributed by atoms with Crippen LogP contribution in [0.2, 0.25) is 0 Å². The van der Waals surface area contributed by atoms with Crippen LogP contribution >= 0.6 is 0 Å².